The number of carbonyl (C=O) groups excluding carboxylic acids is 1. The molecule has 0 saturated heterocycles. The van der Waals surface area contributed by atoms with Crippen molar-refractivity contribution in [1.29, 1.82) is 0 Å². The van der Waals surface area contributed by atoms with Crippen LogP contribution in [0.3, 0.4) is 0 Å². The van der Waals surface area contributed by atoms with Crippen molar-refractivity contribution in [1.82, 2.24) is 5.32 Å². The van der Waals surface area contributed by atoms with Crippen molar-refractivity contribution < 1.29 is 19.0 Å². The number of nitrogens with one attached hydrogen (secondary N) is 1. The number of ether oxygens (including phenoxy) is 3. The van der Waals surface area contributed by atoms with Gasteiger partial charge in [-0.05, 0) is 40.0 Å². The van der Waals surface area contributed by atoms with Crippen LogP contribution in [0.4, 0.5) is 0 Å². The fourth-order valence-corrected chi connectivity index (χ4v) is 1.93. The van der Waals surface area contributed by atoms with Crippen LogP contribution in [-0.4, -0.2) is 50.6 Å². The summed E-state index contributed by atoms with van der Waals surface area (Å²) in [6.45, 7) is 7.60. The summed E-state index contributed by atoms with van der Waals surface area (Å²) < 4.78 is 15.8. The Morgan fingerprint density at radius 3 is 2.68 bits per heavy atom. The molecule has 1 aliphatic carbocycles. The van der Waals surface area contributed by atoms with Crippen molar-refractivity contribution in [3.05, 3.63) is 0 Å². The fraction of sp³-hybridized carbons (Fsp3) is 0.929. The van der Waals surface area contributed by atoms with Crippen LogP contribution in [0.5, 0.6) is 0 Å². The first kappa shape index (κ1) is 16.4. The van der Waals surface area contributed by atoms with E-state index < -0.39 is 5.54 Å². The molecule has 2 unspecified atom stereocenters. The molecule has 0 heterocycles. The van der Waals surface area contributed by atoms with Gasteiger partial charge in [0.25, 0.3) is 0 Å². The van der Waals surface area contributed by atoms with Crippen molar-refractivity contribution in [3.8, 4) is 0 Å². The molecule has 0 spiro atoms. The van der Waals surface area contributed by atoms with E-state index in [0.29, 0.717) is 32.3 Å². The lowest BCUT2D eigenvalue weighted by Gasteiger charge is -2.28. The molecule has 2 atom stereocenters. The van der Waals surface area contributed by atoms with Crippen molar-refractivity contribution in [2.24, 2.45) is 0 Å². The van der Waals surface area contributed by atoms with E-state index in [1.54, 1.807) is 0 Å². The second-order valence-corrected chi connectivity index (χ2v) is 5.33. The number of rotatable bonds is 10. The van der Waals surface area contributed by atoms with Gasteiger partial charge in [0, 0.05) is 19.3 Å². The fourth-order valence-electron chi connectivity index (χ4n) is 1.93. The molecule has 112 valence electrons. The number of carbonyl (C=O) groups is 1. The van der Waals surface area contributed by atoms with E-state index in [1.165, 1.54) is 7.11 Å². The number of hydrogen-bond acceptors (Lipinski definition) is 5. The molecule has 1 rings (SSSR count). The molecule has 5 nitrogen and oxygen atoms in total. The van der Waals surface area contributed by atoms with Gasteiger partial charge in [0.15, 0.2) is 0 Å². The van der Waals surface area contributed by atoms with Crippen LogP contribution in [-0.2, 0) is 19.0 Å². The SMILES string of the molecule is CCOCC(C)OCCC(C)(NC1CC1)C(=O)OC. The largest absolute Gasteiger partial charge is 0.468 e. The second-order valence-electron chi connectivity index (χ2n) is 5.33. The van der Waals surface area contributed by atoms with E-state index in [-0.39, 0.29) is 12.1 Å². The summed E-state index contributed by atoms with van der Waals surface area (Å²) in [5, 5.41) is 3.35. The average Bonchev–Trinajstić information content (AvgIpc) is 3.18. The Morgan fingerprint density at radius 1 is 1.47 bits per heavy atom. The Labute approximate surface area is 116 Å². The van der Waals surface area contributed by atoms with E-state index in [0.717, 1.165) is 12.8 Å². The van der Waals surface area contributed by atoms with Crippen LogP contribution >= 0.6 is 0 Å². The third kappa shape index (κ3) is 5.89. The second kappa shape index (κ2) is 7.82. The van der Waals surface area contributed by atoms with Gasteiger partial charge in [-0.25, -0.2) is 0 Å². The molecule has 0 radical (unpaired) electrons. The van der Waals surface area contributed by atoms with Crippen LogP contribution in [0.1, 0.15) is 40.0 Å². The number of esters is 1. The number of hydrogen-bond donors (Lipinski definition) is 1. The molecule has 1 saturated carbocycles. The van der Waals surface area contributed by atoms with Crippen molar-refractivity contribution in [2.45, 2.75) is 57.7 Å². The van der Waals surface area contributed by atoms with Crippen LogP contribution in [0, 0.1) is 0 Å². The maximum atomic E-state index is 11.9. The highest BCUT2D eigenvalue weighted by atomic mass is 16.5. The van der Waals surface area contributed by atoms with Gasteiger partial charge >= 0.3 is 5.97 Å². The molecule has 0 aromatic rings. The molecular formula is C14H27NO4. The highest BCUT2D eigenvalue weighted by Crippen LogP contribution is 2.25. The van der Waals surface area contributed by atoms with Crippen molar-refractivity contribution in [2.75, 3.05) is 26.9 Å². The molecule has 19 heavy (non-hydrogen) atoms. The molecule has 5 heteroatoms. The monoisotopic (exact) mass is 273 g/mol. The van der Waals surface area contributed by atoms with Crippen LogP contribution in [0.25, 0.3) is 0 Å². The minimum atomic E-state index is -0.652. The van der Waals surface area contributed by atoms with Gasteiger partial charge in [-0.3, -0.25) is 10.1 Å². The minimum absolute atomic E-state index is 0.0442. The van der Waals surface area contributed by atoms with E-state index in [1.807, 2.05) is 20.8 Å². The van der Waals surface area contributed by atoms with Crippen LogP contribution in [0.15, 0.2) is 0 Å². The number of methoxy groups -OCH3 is 1. The maximum Gasteiger partial charge on any atom is 0.325 e. The molecule has 1 N–H and O–H groups in total. The third-order valence-corrected chi connectivity index (χ3v) is 3.30. The lowest BCUT2D eigenvalue weighted by Crippen LogP contribution is -2.52. The molecule has 1 fully saturated rings. The Balaban J connectivity index is 2.33. The van der Waals surface area contributed by atoms with Gasteiger partial charge in [0.05, 0.1) is 19.8 Å². The van der Waals surface area contributed by atoms with Gasteiger partial charge in [-0.2, -0.15) is 0 Å². The Hall–Kier alpha value is -0.650. The van der Waals surface area contributed by atoms with Crippen molar-refractivity contribution >= 4 is 5.97 Å². The predicted octanol–water partition coefficient (Wildman–Crippen LogP) is 1.50. The van der Waals surface area contributed by atoms with E-state index in [2.05, 4.69) is 5.32 Å². The van der Waals surface area contributed by atoms with Crippen LogP contribution in [0.2, 0.25) is 0 Å². The lowest BCUT2D eigenvalue weighted by molar-refractivity contribution is -0.149. The van der Waals surface area contributed by atoms with Crippen molar-refractivity contribution in [3.63, 3.8) is 0 Å². The summed E-state index contributed by atoms with van der Waals surface area (Å²) in [7, 11) is 1.42. The third-order valence-electron chi connectivity index (χ3n) is 3.30. The molecule has 0 aromatic heterocycles. The lowest BCUT2D eigenvalue weighted by atomic mass is 9.98. The summed E-state index contributed by atoms with van der Waals surface area (Å²) in [6, 6.07) is 0.449. The average molecular weight is 273 g/mol. The highest BCUT2D eigenvalue weighted by Gasteiger charge is 2.39. The zero-order chi connectivity index (χ0) is 14.3. The first-order valence-electron chi connectivity index (χ1n) is 7.07. The van der Waals surface area contributed by atoms with Crippen LogP contribution < -0.4 is 5.32 Å². The Kier molecular flexibility index (Phi) is 6.75. The van der Waals surface area contributed by atoms with Gasteiger partial charge < -0.3 is 14.2 Å². The maximum absolute atomic E-state index is 11.9. The topological polar surface area (TPSA) is 56.8 Å². The summed E-state index contributed by atoms with van der Waals surface area (Å²) >= 11 is 0. The van der Waals surface area contributed by atoms with Gasteiger partial charge in [0.1, 0.15) is 5.54 Å². The van der Waals surface area contributed by atoms with Gasteiger partial charge in [-0.15, -0.1) is 0 Å². The molecule has 0 bridgehead atoms. The minimum Gasteiger partial charge on any atom is -0.468 e. The zero-order valence-electron chi connectivity index (χ0n) is 12.5. The highest BCUT2D eigenvalue weighted by molar-refractivity contribution is 5.80. The normalized spacial score (nSPS) is 19.8. The Bertz CT molecular complexity index is 281. The standard InChI is InChI=1S/C14H27NO4/c1-5-18-10-11(2)19-9-8-14(3,13(16)17-4)15-12-6-7-12/h11-12,15H,5-10H2,1-4H3. The molecule has 0 aliphatic heterocycles. The summed E-state index contributed by atoms with van der Waals surface area (Å²) in [5.41, 5.74) is -0.652. The quantitative estimate of drug-likeness (QED) is 0.611. The molecule has 0 aromatic carbocycles. The summed E-state index contributed by atoms with van der Waals surface area (Å²) in [4.78, 5) is 11.9. The van der Waals surface area contributed by atoms with E-state index >= 15 is 0 Å². The molecule has 1 aliphatic rings. The smallest absolute Gasteiger partial charge is 0.325 e. The van der Waals surface area contributed by atoms with E-state index in [9.17, 15) is 4.79 Å². The molecule has 0 amide bonds. The van der Waals surface area contributed by atoms with Gasteiger partial charge in [-0.1, -0.05) is 0 Å². The zero-order valence-corrected chi connectivity index (χ0v) is 12.5. The Morgan fingerprint density at radius 2 is 2.16 bits per heavy atom. The van der Waals surface area contributed by atoms with Gasteiger partial charge in [0.2, 0.25) is 0 Å². The summed E-state index contributed by atoms with van der Waals surface area (Å²) in [6.07, 6.45) is 2.91. The first-order valence-corrected chi connectivity index (χ1v) is 7.07. The molecular weight excluding hydrogens is 246 g/mol. The predicted molar refractivity (Wildman–Crippen MR) is 73.1 cm³/mol. The summed E-state index contributed by atoms with van der Waals surface area (Å²) in [5.74, 6) is -0.222. The first-order chi connectivity index (χ1) is 9.01. The van der Waals surface area contributed by atoms with E-state index in [4.69, 9.17) is 14.2 Å².